The van der Waals surface area contributed by atoms with Gasteiger partial charge in [0.05, 0.1) is 0 Å². The average Bonchev–Trinajstić information content (AvgIpc) is 3.18. The Morgan fingerprint density at radius 2 is 1.62 bits per heavy atom. The summed E-state index contributed by atoms with van der Waals surface area (Å²) >= 11 is 0. The Morgan fingerprint density at radius 3 is 2.31 bits per heavy atom. The van der Waals surface area contributed by atoms with E-state index in [1.54, 1.807) is 0 Å². The highest BCUT2D eigenvalue weighted by atomic mass is 15.2. The van der Waals surface area contributed by atoms with Crippen molar-refractivity contribution in [3.05, 3.63) is 0 Å². The van der Waals surface area contributed by atoms with Crippen molar-refractivity contribution in [1.29, 1.82) is 0 Å². The van der Waals surface area contributed by atoms with Gasteiger partial charge in [0, 0.05) is 24.7 Å². The van der Waals surface area contributed by atoms with Crippen molar-refractivity contribution in [3.63, 3.8) is 0 Å². The maximum atomic E-state index is 4.07. The second kappa shape index (κ2) is 3.71. The molecule has 2 saturated heterocycles. The van der Waals surface area contributed by atoms with E-state index < -0.39 is 0 Å². The summed E-state index contributed by atoms with van der Waals surface area (Å²) < 4.78 is 0. The van der Waals surface area contributed by atoms with Gasteiger partial charge in [0.15, 0.2) is 0 Å². The minimum Gasteiger partial charge on any atom is -0.309 e. The number of nitrogens with one attached hydrogen (secondary N) is 1. The van der Waals surface area contributed by atoms with Crippen LogP contribution < -0.4 is 5.32 Å². The molecule has 4 fully saturated rings. The zero-order valence-corrected chi connectivity index (χ0v) is 10.2. The smallest absolute Gasteiger partial charge is 0.0250 e. The topological polar surface area (TPSA) is 15.3 Å². The summed E-state index contributed by atoms with van der Waals surface area (Å²) in [6.07, 6.45) is 10.4. The van der Waals surface area contributed by atoms with Crippen molar-refractivity contribution in [2.45, 2.75) is 63.1 Å². The van der Waals surface area contributed by atoms with E-state index in [1.807, 2.05) is 0 Å². The zero-order chi connectivity index (χ0) is 10.5. The first-order valence-corrected chi connectivity index (χ1v) is 7.42. The van der Waals surface area contributed by atoms with E-state index in [9.17, 15) is 0 Å². The van der Waals surface area contributed by atoms with Gasteiger partial charge < -0.3 is 5.32 Å². The molecule has 0 bridgehead atoms. The SMILES string of the molecule is C1CC2C(NC(C3CC3)C3CC3)CCN2C1. The standard InChI is InChI=1S/C14H24N2/c1-2-13-12(7-9-16(13)8-1)15-14(10-3-4-10)11-5-6-11/h10-15H,1-9H2. The Labute approximate surface area is 98.8 Å². The van der Waals surface area contributed by atoms with Gasteiger partial charge in [-0.25, -0.2) is 0 Å². The molecule has 2 aliphatic heterocycles. The predicted octanol–water partition coefficient (Wildman–Crippen LogP) is 2.00. The molecular weight excluding hydrogens is 196 g/mol. The van der Waals surface area contributed by atoms with Crippen molar-refractivity contribution in [1.82, 2.24) is 10.2 Å². The molecule has 4 rings (SSSR count). The highest BCUT2D eigenvalue weighted by Crippen LogP contribution is 2.45. The Bertz CT molecular complexity index is 258. The van der Waals surface area contributed by atoms with Gasteiger partial charge in [-0.1, -0.05) is 0 Å². The van der Waals surface area contributed by atoms with Gasteiger partial charge in [0.1, 0.15) is 0 Å². The normalized spacial score (nSPS) is 39.6. The van der Waals surface area contributed by atoms with Gasteiger partial charge in [0.2, 0.25) is 0 Å². The maximum Gasteiger partial charge on any atom is 0.0250 e. The summed E-state index contributed by atoms with van der Waals surface area (Å²) in [6, 6.07) is 2.65. The molecule has 2 unspecified atom stereocenters. The van der Waals surface area contributed by atoms with Crippen molar-refractivity contribution in [2.24, 2.45) is 11.8 Å². The summed E-state index contributed by atoms with van der Waals surface area (Å²) in [5.41, 5.74) is 0. The Hall–Kier alpha value is -0.0800. The molecule has 16 heavy (non-hydrogen) atoms. The van der Waals surface area contributed by atoms with Crippen molar-refractivity contribution in [2.75, 3.05) is 13.1 Å². The van der Waals surface area contributed by atoms with Crippen LogP contribution in [0.1, 0.15) is 44.9 Å². The second-order valence-electron chi connectivity index (χ2n) is 6.51. The largest absolute Gasteiger partial charge is 0.309 e. The van der Waals surface area contributed by atoms with E-state index in [0.29, 0.717) is 0 Å². The fourth-order valence-electron chi connectivity index (χ4n) is 4.09. The molecule has 2 atom stereocenters. The van der Waals surface area contributed by atoms with Crippen LogP contribution in [0.25, 0.3) is 0 Å². The first-order chi connectivity index (χ1) is 7.92. The third-order valence-electron chi connectivity index (χ3n) is 5.27. The highest BCUT2D eigenvalue weighted by molar-refractivity contribution is 5.02. The van der Waals surface area contributed by atoms with Crippen LogP contribution in [0.4, 0.5) is 0 Å². The monoisotopic (exact) mass is 220 g/mol. The second-order valence-corrected chi connectivity index (χ2v) is 6.51. The number of rotatable bonds is 4. The fourth-order valence-corrected chi connectivity index (χ4v) is 4.09. The van der Waals surface area contributed by atoms with Gasteiger partial charge in [-0.05, 0) is 63.3 Å². The Morgan fingerprint density at radius 1 is 0.875 bits per heavy atom. The lowest BCUT2D eigenvalue weighted by Crippen LogP contribution is -2.46. The van der Waals surface area contributed by atoms with Crippen LogP contribution in [0.2, 0.25) is 0 Å². The first kappa shape index (κ1) is 9.90. The van der Waals surface area contributed by atoms with Crippen LogP contribution in [0, 0.1) is 11.8 Å². The summed E-state index contributed by atoms with van der Waals surface area (Å²) in [5, 5.41) is 4.07. The Balaban J connectivity index is 1.41. The molecule has 0 aromatic heterocycles. The molecule has 2 saturated carbocycles. The minimum atomic E-state index is 0.841. The van der Waals surface area contributed by atoms with Gasteiger partial charge in [0.25, 0.3) is 0 Å². The predicted molar refractivity (Wildman–Crippen MR) is 65.4 cm³/mol. The number of nitrogens with zero attached hydrogens (tertiary/aromatic N) is 1. The zero-order valence-electron chi connectivity index (χ0n) is 10.2. The van der Waals surface area contributed by atoms with Gasteiger partial charge in [-0.3, -0.25) is 4.90 Å². The van der Waals surface area contributed by atoms with Gasteiger partial charge in [-0.2, -0.15) is 0 Å². The molecular formula is C14H24N2. The molecule has 2 heteroatoms. The summed E-state index contributed by atoms with van der Waals surface area (Å²) in [7, 11) is 0. The number of fused-ring (bicyclic) bond motifs is 1. The van der Waals surface area contributed by atoms with E-state index >= 15 is 0 Å². The number of hydrogen-bond donors (Lipinski definition) is 1. The summed E-state index contributed by atoms with van der Waals surface area (Å²) in [5.74, 6) is 2.12. The lowest BCUT2D eigenvalue weighted by atomic mass is 10.0. The average molecular weight is 220 g/mol. The van der Waals surface area contributed by atoms with E-state index in [-0.39, 0.29) is 0 Å². The fraction of sp³-hybridized carbons (Fsp3) is 1.00. The molecule has 2 aliphatic carbocycles. The summed E-state index contributed by atoms with van der Waals surface area (Å²) in [4.78, 5) is 2.73. The van der Waals surface area contributed by atoms with Crippen LogP contribution in [0.5, 0.6) is 0 Å². The van der Waals surface area contributed by atoms with E-state index in [0.717, 1.165) is 30.0 Å². The molecule has 0 amide bonds. The number of hydrogen-bond acceptors (Lipinski definition) is 2. The van der Waals surface area contributed by atoms with Crippen LogP contribution in [-0.2, 0) is 0 Å². The van der Waals surface area contributed by atoms with Crippen LogP contribution in [0.15, 0.2) is 0 Å². The van der Waals surface area contributed by atoms with Crippen LogP contribution in [0.3, 0.4) is 0 Å². The molecule has 2 nitrogen and oxygen atoms in total. The molecule has 0 radical (unpaired) electrons. The van der Waals surface area contributed by atoms with E-state index in [1.165, 1.54) is 58.0 Å². The molecule has 1 N–H and O–H groups in total. The summed E-state index contributed by atoms with van der Waals surface area (Å²) in [6.45, 7) is 2.74. The maximum absolute atomic E-state index is 4.07. The molecule has 2 heterocycles. The molecule has 4 aliphatic rings. The first-order valence-electron chi connectivity index (χ1n) is 7.42. The Kier molecular flexibility index (Phi) is 2.29. The van der Waals surface area contributed by atoms with Crippen molar-refractivity contribution < 1.29 is 0 Å². The molecule has 0 aromatic carbocycles. The van der Waals surface area contributed by atoms with Gasteiger partial charge in [-0.15, -0.1) is 0 Å². The van der Waals surface area contributed by atoms with Crippen molar-refractivity contribution in [3.8, 4) is 0 Å². The molecule has 0 spiro atoms. The van der Waals surface area contributed by atoms with Crippen LogP contribution in [-0.4, -0.2) is 36.1 Å². The lowest BCUT2D eigenvalue weighted by Gasteiger charge is -2.27. The quantitative estimate of drug-likeness (QED) is 0.779. The van der Waals surface area contributed by atoms with Gasteiger partial charge >= 0.3 is 0 Å². The molecule has 0 aromatic rings. The van der Waals surface area contributed by atoms with E-state index in [2.05, 4.69) is 10.2 Å². The molecule has 90 valence electrons. The third kappa shape index (κ3) is 1.70. The van der Waals surface area contributed by atoms with Crippen LogP contribution >= 0.6 is 0 Å². The highest BCUT2D eigenvalue weighted by Gasteiger charge is 2.45. The van der Waals surface area contributed by atoms with E-state index in [4.69, 9.17) is 0 Å². The van der Waals surface area contributed by atoms with Crippen molar-refractivity contribution >= 4 is 0 Å². The lowest BCUT2D eigenvalue weighted by molar-refractivity contribution is 0.274. The minimum absolute atomic E-state index is 0.841. The third-order valence-corrected chi connectivity index (χ3v) is 5.27.